The van der Waals surface area contributed by atoms with E-state index >= 15 is 0 Å². The first kappa shape index (κ1) is 24.0. The van der Waals surface area contributed by atoms with Crippen LogP contribution in [-0.4, -0.2) is 23.8 Å². The van der Waals surface area contributed by atoms with Crippen molar-refractivity contribution in [2.45, 2.75) is 32.0 Å². The lowest BCUT2D eigenvalue weighted by Gasteiger charge is -2.19. The first-order valence-corrected chi connectivity index (χ1v) is 10.2. The fourth-order valence-corrected chi connectivity index (χ4v) is 3.02. The van der Waals surface area contributed by atoms with Crippen LogP contribution in [0.2, 0.25) is 0 Å². The van der Waals surface area contributed by atoms with Crippen molar-refractivity contribution in [3.05, 3.63) is 83.9 Å². The molecule has 0 aliphatic heterocycles. The molecule has 1 N–H and O–H groups in total. The molecule has 0 aliphatic carbocycles. The van der Waals surface area contributed by atoms with Crippen LogP contribution in [-0.2, 0) is 17.4 Å². The van der Waals surface area contributed by atoms with E-state index in [2.05, 4.69) is 0 Å². The van der Waals surface area contributed by atoms with Crippen LogP contribution < -0.4 is 14.2 Å². The fraction of sp³-hybridized carbons (Fsp3) is 0.240. The number of aliphatic carboxylic acids is 1. The zero-order valence-corrected chi connectivity index (χ0v) is 17.8. The summed E-state index contributed by atoms with van der Waals surface area (Å²) in [5, 5.41) is 8.89. The van der Waals surface area contributed by atoms with Gasteiger partial charge >= 0.3 is 12.1 Å². The van der Waals surface area contributed by atoms with E-state index in [1.54, 1.807) is 61.5 Å². The Labute approximate surface area is 189 Å². The molecular weight excluding hydrogens is 437 g/mol. The minimum Gasteiger partial charge on any atom is -0.493 e. The first-order chi connectivity index (χ1) is 15.7. The van der Waals surface area contributed by atoms with Crippen LogP contribution >= 0.6 is 0 Å². The summed E-state index contributed by atoms with van der Waals surface area (Å²) >= 11 is 0. The molecular formula is C25H23F3O5. The third-order valence-corrected chi connectivity index (χ3v) is 4.62. The van der Waals surface area contributed by atoms with Gasteiger partial charge in [0, 0.05) is 6.42 Å². The summed E-state index contributed by atoms with van der Waals surface area (Å²) in [4.78, 5) is 10.8. The smallest absolute Gasteiger partial charge is 0.416 e. The molecule has 3 aromatic rings. The van der Waals surface area contributed by atoms with Gasteiger partial charge in [0.25, 0.3) is 0 Å². The Balaban J connectivity index is 1.64. The topological polar surface area (TPSA) is 65.0 Å². The largest absolute Gasteiger partial charge is 0.493 e. The Bertz CT molecular complexity index is 1070. The summed E-state index contributed by atoms with van der Waals surface area (Å²) < 4.78 is 56.7. The monoisotopic (exact) mass is 460 g/mol. The molecule has 0 aliphatic rings. The maximum Gasteiger partial charge on any atom is 0.416 e. The molecule has 0 radical (unpaired) electrons. The third-order valence-electron chi connectivity index (χ3n) is 4.62. The van der Waals surface area contributed by atoms with Crippen LogP contribution in [0.1, 0.15) is 24.5 Å². The number of ether oxygens (including phenoxy) is 3. The van der Waals surface area contributed by atoms with E-state index in [4.69, 9.17) is 19.3 Å². The number of carboxylic acid groups (broad SMARTS) is 1. The summed E-state index contributed by atoms with van der Waals surface area (Å²) in [6.45, 7) is 2.04. The van der Waals surface area contributed by atoms with Gasteiger partial charge in [-0.3, -0.25) is 4.79 Å². The minimum absolute atomic E-state index is 0.0369. The van der Waals surface area contributed by atoms with Gasteiger partial charge < -0.3 is 19.3 Å². The Morgan fingerprint density at radius 1 is 0.939 bits per heavy atom. The lowest BCUT2D eigenvalue weighted by molar-refractivity contribution is -0.138. The Morgan fingerprint density at radius 3 is 2.36 bits per heavy atom. The van der Waals surface area contributed by atoms with E-state index in [1.807, 2.05) is 0 Å². The summed E-state index contributed by atoms with van der Waals surface area (Å²) in [7, 11) is 0. The van der Waals surface area contributed by atoms with E-state index < -0.39 is 17.7 Å². The molecule has 1 atom stereocenters. The van der Waals surface area contributed by atoms with E-state index in [1.165, 1.54) is 6.07 Å². The minimum atomic E-state index is -4.51. The number of para-hydroxylation sites is 1. The second-order valence-electron chi connectivity index (χ2n) is 7.36. The summed E-state index contributed by atoms with van der Waals surface area (Å²) in [6.07, 6.45) is -4.56. The second kappa shape index (κ2) is 10.8. The van der Waals surface area contributed by atoms with E-state index in [0.717, 1.165) is 12.1 Å². The van der Waals surface area contributed by atoms with Crippen LogP contribution in [0.3, 0.4) is 0 Å². The molecule has 0 heterocycles. The number of carbonyl (C=O) groups is 1. The molecule has 0 fully saturated rings. The maximum absolute atomic E-state index is 13.2. The summed E-state index contributed by atoms with van der Waals surface area (Å²) in [6, 6.07) is 18.4. The third kappa shape index (κ3) is 7.45. The summed E-state index contributed by atoms with van der Waals surface area (Å²) in [5.41, 5.74) is -0.213. The van der Waals surface area contributed by atoms with Crippen LogP contribution in [0.4, 0.5) is 13.2 Å². The van der Waals surface area contributed by atoms with Crippen molar-refractivity contribution in [3.63, 3.8) is 0 Å². The number of hydrogen-bond acceptors (Lipinski definition) is 4. The van der Waals surface area contributed by atoms with E-state index in [-0.39, 0.29) is 30.6 Å². The lowest BCUT2D eigenvalue weighted by atomic mass is 10.1. The molecule has 1 unspecified atom stereocenters. The molecule has 5 nitrogen and oxygen atoms in total. The van der Waals surface area contributed by atoms with Gasteiger partial charge in [-0.05, 0) is 55.0 Å². The Hall–Kier alpha value is -3.68. The molecule has 0 amide bonds. The highest BCUT2D eigenvalue weighted by Gasteiger charge is 2.31. The van der Waals surface area contributed by atoms with Gasteiger partial charge in [0.2, 0.25) is 0 Å². The van der Waals surface area contributed by atoms with Crippen LogP contribution in [0.25, 0.3) is 0 Å². The van der Waals surface area contributed by atoms with Gasteiger partial charge in [0.15, 0.2) is 11.5 Å². The van der Waals surface area contributed by atoms with Gasteiger partial charge in [-0.1, -0.05) is 30.3 Å². The van der Waals surface area contributed by atoms with Gasteiger partial charge in [0.1, 0.15) is 11.5 Å². The van der Waals surface area contributed by atoms with Gasteiger partial charge in [-0.15, -0.1) is 0 Å². The highest BCUT2D eigenvalue weighted by Crippen LogP contribution is 2.38. The average molecular weight is 460 g/mol. The number of benzene rings is 3. The summed E-state index contributed by atoms with van der Waals surface area (Å²) in [5.74, 6) is 0.134. The molecule has 0 bridgehead atoms. The molecule has 0 saturated heterocycles. The zero-order chi connectivity index (χ0) is 23.8. The van der Waals surface area contributed by atoms with Crippen molar-refractivity contribution in [3.8, 4) is 23.0 Å². The van der Waals surface area contributed by atoms with Crippen LogP contribution in [0.15, 0.2) is 72.8 Å². The molecule has 0 saturated carbocycles. The van der Waals surface area contributed by atoms with Gasteiger partial charge in [0.05, 0.1) is 24.7 Å². The second-order valence-corrected chi connectivity index (χ2v) is 7.36. The average Bonchev–Trinajstić information content (AvgIpc) is 2.75. The number of carboxylic acids is 1. The number of hydrogen-bond donors (Lipinski definition) is 1. The molecule has 3 aromatic carbocycles. The van der Waals surface area contributed by atoms with Crippen molar-refractivity contribution in [1.29, 1.82) is 0 Å². The van der Waals surface area contributed by atoms with Crippen molar-refractivity contribution in [2.24, 2.45) is 0 Å². The highest BCUT2D eigenvalue weighted by atomic mass is 19.4. The standard InChI is InChI=1S/C25H23F3O5/c1-17(12-13-31-21-9-5-6-18(14-21)15-24(29)30)32-22-11-10-19(25(26,27)28)16-23(22)33-20-7-3-2-4-8-20/h2-11,14,16-17H,12-13,15H2,1H3,(H,29,30). The van der Waals surface area contributed by atoms with Crippen molar-refractivity contribution >= 4 is 5.97 Å². The van der Waals surface area contributed by atoms with Gasteiger partial charge in [-0.25, -0.2) is 0 Å². The molecule has 0 aromatic heterocycles. The molecule has 0 spiro atoms. The first-order valence-electron chi connectivity index (χ1n) is 10.2. The zero-order valence-electron chi connectivity index (χ0n) is 17.8. The molecule has 8 heteroatoms. The van der Waals surface area contributed by atoms with Gasteiger partial charge in [-0.2, -0.15) is 13.2 Å². The van der Waals surface area contributed by atoms with E-state index in [0.29, 0.717) is 23.5 Å². The number of rotatable bonds is 10. The van der Waals surface area contributed by atoms with E-state index in [9.17, 15) is 18.0 Å². The maximum atomic E-state index is 13.2. The Kier molecular flexibility index (Phi) is 7.82. The fourth-order valence-electron chi connectivity index (χ4n) is 3.02. The Morgan fingerprint density at radius 2 is 1.67 bits per heavy atom. The predicted molar refractivity (Wildman–Crippen MR) is 116 cm³/mol. The number of halogens is 3. The normalized spacial score (nSPS) is 12.1. The molecule has 174 valence electrons. The van der Waals surface area contributed by atoms with Crippen LogP contribution in [0, 0.1) is 0 Å². The van der Waals surface area contributed by atoms with Crippen molar-refractivity contribution < 1.29 is 37.3 Å². The van der Waals surface area contributed by atoms with Crippen molar-refractivity contribution in [2.75, 3.05) is 6.61 Å². The van der Waals surface area contributed by atoms with Crippen LogP contribution in [0.5, 0.6) is 23.0 Å². The lowest BCUT2D eigenvalue weighted by Crippen LogP contribution is -2.16. The quantitative estimate of drug-likeness (QED) is 0.381. The SMILES string of the molecule is CC(CCOc1cccc(CC(=O)O)c1)Oc1ccc(C(F)(F)F)cc1Oc1ccccc1. The molecule has 3 rings (SSSR count). The highest BCUT2D eigenvalue weighted by molar-refractivity contribution is 5.70. The molecule has 33 heavy (non-hydrogen) atoms. The predicted octanol–water partition coefficient (Wildman–Crippen LogP) is 6.36. The van der Waals surface area contributed by atoms with Crippen molar-refractivity contribution in [1.82, 2.24) is 0 Å². The number of alkyl halides is 3.